The molecule has 0 saturated carbocycles. The number of aromatic nitrogens is 3. The molecule has 1 aromatic carbocycles. The molecule has 4 rings (SSSR count). The summed E-state index contributed by atoms with van der Waals surface area (Å²) in [7, 11) is -3.61. The molecule has 0 spiro atoms. The average Bonchev–Trinajstić information content (AvgIpc) is 3.26. The van der Waals surface area contributed by atoms with E-state index in [4.69, 9.17) is 4.74 Å². The van der Waals surface area contributed by atoms with E-state index in [-0.39, 0.29) is 28.4 Å². The molecule has 8 heteroatoms. The van der Waals surface area contributed by atoms with E-state index in [2.05, 4.69) is 31.1 Å². The van der Waals surface area contributed by atoms with Crippen molar-refractivity contribution in [2.45, 2.75) is 81.8 Å². The Morgan fingerprint density at radius 1 is 1.10 bits per heavy atom. The number of rotatable bonds is 5. The minimum absolute atomic E-state index is 0.0132. The highest BCUT2D eigenvalue weighted by molar-refractivity contribution is 7.89. The molecule has 2 unspecified atom stereocenters. The Bertz CT molecular complexity index is 966. The normalized spacial score (nSPS) is 25.3. The number of nitrogens with zero attached hydrogens (tertiary/aromatic N) is 4. The van der Waals surface area contributed by atoms with Gasteiger partial charge in [-0.15, -0.1) is 5.10 Å². The van der Waals surface area contributed by atoms with Gasteiger partial charge in [0.05, 0.1) is 18.3 Å². The van der Waals surface area contributed by atoms with Crippen molar-refractivity contribution in [3.8, 4) is 5.75 Å². The highest BCUT2D eigenvalue weighted by atomic mass is 32.2. The smallest absolute Gasteiger partial charge is 0.247 e. The first-order valence-corrected chi connectivity index (χ1v) is 11.8. The van der Waals surface area contributed by atoms with Crippen LogP contribution in [0.5, 0.6) is 5.75 Å². The molecule has 2 fully saturated rings. The van der Waals surface area contributed by atoms with Crippen LogP contribution in [0.1, 0.15) is 65.1 Å². The molecule has 0 radical (unpaired) electrons. The highest BCUT2D eigenvalue weighted by Gasteiger charge is 2.48. The van der Waals surface area contributed by atoms with Crippen LogP contribution < -0.4 is 4.74 Å². The molecule has 0 aliphatic carbocycles. The lowest BCUT2D eigenvalue weighted by Crippen LogP contribution is -2.47. The number of hydrogen-bond donors (Lipinski definition) is 0. The lowest BCUT2D eigenvalue weighted by molar-refractivity contribution is 0.183. The van der Waals surface area contributed by atoms with E-state index in [1.165, 1.54) is 0 Å². The maximum absolute atomic E-state index is 13.5. The number of sulfonamides is 1. The Balaban J connectivity index is 1.59. The molecule has 158 valence electrons. The summed E-state index contributed by atoms with van der Waals surface area (Å²) in [6.07, 6.45) is 5.33. The predicted molar refractivity (Wildman–Crippen MR) is 110 cm³/mol. The van der Waals surface area contributed by atoms with Crippen LogP contribution >= 0.6 is 0 Å². The van der Waals surface area contributed by atoms with E-state index in [1.54, 1.807) is 22.5 Å². The minimum Gasteiger partial charge on any atom is -0.492 e. The number of para-hydroxylation sites is 1. The molecule has 0 N–H and O–H groups in total. The minimum atomic E-state index is -3.61. The molecular weight excluding hydrogens is 388 g/mol. The summed E-state index contributed by atoms with van der Waals surface area (Å²) in [6.45, 7) is 8.66. The second kappa shape index (κ2) is 7.40. The van der Waals surface area contributed by atoms with E-state index in [9.17, 15) is 8.42 Å². The Morgan fingerprint density at radius 3 is 2.34 bits per heavy atom. The van der Waals surface area contributed by atoms with Crippen LogP contribution in [0, 0.1) is 0 Å². The van der Waals surface area contributed by atoms with Gasteiger partial charge in [0.2, 0.25) is 10.0 Å². The van der Waals surface area contributed by atoms with Gasteiger partial charge in [-0.05, 0) is 44.7 Å². The first-order chi connectivity index (χ1) is 13.7. The quantitative estimate of drug-likeness (QED) is 0.742. The zero-order valence-corrected chi connectivity index (χ0v) is 18.4. The van der Waals surface area contributed by atoms with Gasteiger partial charge in [-0.3, -0.25) is 0 Å². The van der Waals surface area contributed by atoms with E-state index in [1.807, 2.05) is 23.9 Å². The van der Waals surface area contributed by atoms with Crippen LogP contribution in [-0.2, 0) is 15.4 Å². The van der Waals surface area contributed by atoms with Crippen LogP contribution in [0.3, 0.4) is 0 Å². The Labute approximate surface area is 173 Å². The molecular formula is C21H30N4O3S. The van der Waals surface area contributed by atoms with E-state index < -0.39 is 10.0 Å². The standard InChI is InChI=1S/C21H30N4O3S/c1-5-28-18-8-6-7-9-19(18)29(26,27)25-15-10-11-16(25)13-17(12-15)24-14-20(22-23-24)21(2,3)4/h6-9,14-17H,5,10-13H2,1-4H3. The Morgan fingerprint density at radius 2 is 1.76 bits per heavy atom. The third-order valence-electron chi connectivity index (χ3n) is 6.00. The SMILES string of the molecule is CCOc1ccccc1S(=O)(=O)N1C2CCC1CC(n1cc(C(C)(C)C)nn1)C2. The molecule has 29 heavy (non-hydrogen) atoms. The molecule has 1 aromatic heterocycles. The van der Waals surface area contributed by atoms with Crippen LogP contribution in [0.4, 0.5) is 0 Å². The van der Waals surface area contributed by atoms with Gasteiger partial charge in [0.15, 0.2) is 0 Å². The van der Waals surface area contributed by atoms with Crippen LogP contribution in [0.15, 0.2) is 35.4 Å². The number of ether oxygens (including phenoxy) is 1. The molecule has 3 heterocycles. The number of fused-ring (bicyclic) bond motifs is 2. The third kappa shape index (κ3) is 3.68. The molecule has 2 saturated heterocycles. The zero-order chi connectivity index (χ0) is 20.8. The first-order valence-electron chi connectivity index (χ1n) is 10.4. The summed E-state index contributed by atoms with van der Waals surface area (Å²) in [5.74, 6) is 0.433. The maximum atomic E-state index is 13.5. The topological polar surface area (TPSA) is 77.3 Å². The van der Waals surface area contributed by atoms with E-state index in [0.717, 1.165) is 31.4 Å². The molecule has 2 atom stereocenters. The van der Waals surface area contributed by atoms with Gasteiger partial charge in [-0.1, -0.05) is 38.1 Å². The molecule has 2 aliphatic rings. The molecule has 2 aliphatic heterocycles. The van der Waals surface area contributed by atoms with Crippen molar-refractivity contribution in [3.05, 3.63) is 36.2 Å². The number of piperidine rings is 1. The lowest BCUT2D eigenvalue weighted by atomic mass is 9.93. The van der Waals surface area contributed by atoms with Gasteiger partial charge in [0.1, 0.15) is 10.6 Å². The van der Waals surface area contributed by atoms with Gasteiger partial charge >= 0.3 is 0 Å². The van der Waals surface area contributed by atoms with Gasteiger partial charge in [0, 0.05) is 23.7 Å². The molecule has 0 amide bonds. The van der Waals surface area contributed by atoms with Crippen molar-refractivity contribution in [2.24, 2.45) is 0 Å². The van der Waals surface area contributed by atoms with Gasteiger partial charge in [-0.2, -0.15) is 4.31 Å². The third-order valence-corrected chi connectivity index (χ3v) is 8.04. The number of hydrogen-bond acceptors (Lipinski definition) is 5. The van der Waals surface area contributed by atoms with Crippen LogP contribution in [0.2, 0.25) is 0 Å². The second-order valence-electron chi connectivity index (χ2n) is 9.06. The van der Waals surface area contributed by atoms with Crippen molar-refractivity contribution in [1.29, 1.82) is 0 Å². The maximum Gasteiger partial charge on any atom is 0.247 e. The van der Waals surface area contributed by atoms with Crippen molar-refractivity contribution in [3.63, 3.8) is 0 Å². The average molecular weight is 419 g/mol. The van der Waals surface area contributed by atoms with Crippen molar-refractivity contribution in [1.82, 2.24) is 19.3 Å². The highest BCUT2D eigenvalue weighted by Crippen LogP contribution is 2.44. The fraction of sp³-hybridized carbons (Fsp3) is 0.619. The summed E-state index contributed by atoms with van der Waals surface area (Å²) in [4.78, 5) is 0.271. The monoisotopic (exact) mass is 418 g/mol. The fourth-order valence-electron chi connectivity index (χ4n) is 4.56. The van der Waals surface area contributed by atoms with E-state index in [0.29, 0.717) is 12.4 Å². The van der Waals surface area contributed by atoms with Crippen LogP contribution in [0.25, 0.3) is 0 Å². The van der Waals surface area contributed by atoms with Gasteiger partial charge in [0.25, 0.3) is 0 Å². The molecule has 2 aromatic rings. The Hall–Kier alpha value is -1.93. The molecule has 2 bridgehead atoms. The fourth-order valence-corrected chi connectivity index (χ4v) is 6.59. The van der Waals surface area contributed by atoms with E-state index >= 15 is 0 Å². The summed E-state index contributed by atoms with van der Waals surface area (Å²) in [5.41, 5.74) is 0.912. The summed E-state index contributed by atoms with van der Waals surface area (Å²) >= 11 is 0. The largest absolute Gasteiger partial charge is 0.492 e. The second-order valence-corrected chi connectivity index (χ2v) is 10.9. The van der Waals surface area contributed by atoms with Crippen molar-refractivity contribution < 1.29 is 13.2 Å². The zero-order valence-electron chi connectivity index (χ0n) is 17.6. The van der Waals surface area contributed by atoms with Crippen molar-refractivity contribution in [2.75, 3.05) is 6.61 Å². The summed E-state index contributed by atoms with van der Waals surface area (Å²) < 4.78 is 36.4. The summed E-state index contributed by atoms with van der Waals surface area (Å²) in [5, 5.41) is 8.71. The van der Waals surface area contributed by atoms with Gasteiger partial charge < -0.3 is 4.74 Å². The number of benzene rings is 1. The summed E-state index contributed by atoms with van der Waals surface area (Å²) in [6, 6.07) is 7.11. The van der Waals surface area contributed by atoms with Gasteiger partial charge in [-0.25, -0.2) is 13.1 Å². The van der Waals surface area contributed by atoms with Crippen LogP contribution in [-0.4, -0.2) is 46.4 Å². The lowest BCUT2D eigenvalue weighted by Gasteiger charge is -2.37. The predicted octanol–water partition coefficient (Wildman–Crippen LogP) is 3.53. The molecule has 7 nitrogen and oxygen atoms in total. The first kappa shape index (κ1) is 20.3. The van der Waals surface area contributed by atoms with Crippen molar-refractivity contribution >= 4 is 10.0 Å². The Kier molecular flexibility index (Phi) is 5.19.